The second-order valence-electron chi connectivity index (χ2n) is 9.86. The van der Waals surface area contributed by atoms with Crippen LogP contribution in [0.15, 0.2) is 60.8 Å². The van der Waals surface area contributed by atoms with E-state index in [1.807, 2.05) is 0 Å². The Bertz CT molecular complexity index is 1250. The molecule has 0 saturated carbocycles. The third-order valence-electron chi connectivity index (χ3n) is 7.79. The van der Waals surface area contributed by atoms with E-state index in [1.54, 1.807) is 18.3 Å². The van der Waals surface area contributed by atoms with Crippen LogP contribution in [0.5, 0.6) is 0 Å². The van der Waals surface area contributed by atoms with Crippen LogP contribution in [-0.2, 0) is 15.1 Å². The lowest BCUT2D eigenvalue weighted by atomic mass is 9.80. The molecule has 37 heavy (non-hydrogen) atoms. The first-order valence-corrected chi connectivity index (χ1v) is 13.5. The topological polar surface area (TPSA) is 54.9 Å². The van der Waals surface area contributed by atoms with Gasteiger partial charge in [0.1, 0.15) is 5.69 Å². The van der Waals surface area contributed by atoms with Gasteiger partial charge < -0.3 is 19.3 Å². The van der Waals surface area contributed by atoms with Gasteiger partial charge in [0.2, 0.25) is 5.60 Å². The van der Waals surface area contributed by atoms with E-state index in [0.717, 1.165) is 73.7 Å². The zero-order valence-electron chi connectivity index (χ0n) is 22.4. The number of hydrogen-bond donors (Lipinski definition) is 0. The number of cyclic esters (lactones) is 1. The number of hydrogen-bond acceptors (Lipinski definition) is 6. The van der Waals surface area contributed by atoms with E-state index >= 15 is 0 Å². The van der Waals surface area contributed by atoms with Crippen molar-refractivity contribution in [2.75, 3.05) is 42.6 Å². The first-order chi connectivity index (χ1) is 18.0. The lowest BCUT2D eigenvalue weighted by Crippen LogP contribution is -2.33. The van der Waals surface area contributed by atoms with Crippen molar-refractivity contribution < 1.29 is 14.3 Å². The Balaban J connectivity index is 1.59. The molecule has 2 atom stereocenters. The number of likely N-dealkylation sites (N-methyl/N-ethyl adjacent to an activating group) is 1. The third-order valence-corrected chi connectivity index (χ3v) is 7.79. The molecule has 6 heteroatoms. The smallest absolute Gasteiger partial charge is 0.341 e. The summed E-state index contributed by atoms with van der Waals surface area (Å²) in [6, 6.07) is 18.4. The first-order valence-electron chi connectivity index (χ1n) is 13.5. The first kappa shape index (κ1) is 25.3. The Morgan fingerprint density at radius 2 is 1.70 bits per heavy atom. The van der Waals surface area contributed by atoms with Crippen LogP contribution in [0.1, 0.15) is 66.4 Å². The number of carbonyl (C=O) groups is 1. The standard InChI is InChI=1S/C31H37N3O3/c1-5-33(6-2)25-16-17-28(22(4)20-25)31(29-27(30(35)37-31)11-8-18-32-29)23-12-14-24(15-13-23)34(7-3)21-26-10-9-19-36-26/h8,11-18,20,26H,5-7,9-10,19,21H2,1-4H3. The molecule has 3 aromatic rings. The van der Waals surface area contributed by atoms with Crippen LogP contribution >= 0.6 is 0 Å². The van der Waals surface area contributed by atoms with E-state index in [-0.39, 0.29) is 12.1 Å². The molecule has 2 aliphatic rings. The monoisotopic (exact) mass is 499 g/mol. The van der Waals surface area contributed by atoms with Crippen molar-refractivity contribution in [3.63, 3.8) is 0 Å². The molecule has 0 N–H and O–H groups in total. The molecule has 2 unspecified atom stereocenters. The largest absolute Gasteiger partial charge is 0.439 e. The molecule has 0 aliphatic carbocycles. The highest BCUT2D eigenvalue weighted by molar-refractivity contribution is 5.95. The number of aromatic nitrogens is 1. The second kappa shape index (κ2) is 10.5. The molecule has 0 spiro atoms. The van der Waals surface area contributed by atoms with E-state index in [0.29, 0.717) is 11.3 Å². The highest BCUT2D eigenvalue weighted by Gasteiger charge is 2.50. The zero-order valence-corrected chi connectivity index (χ0v) is 22.4. The van der Waals surface area contributed by atoms with Crippen LogP contribution < -0.4 is 9.80 Å². The summed E-state index contributed by atoms with van der Waals surface area (Å²) in [5.74, 6) is -0.340. The Morgan fingerprint density at radius 3 is 2.35 bits per heavy atom. The third kappa shape index (κ3) is 4.48. The van der Waals surface area contributed by atoms with Crippen LogP contribution in [0.2, 0.25) is 0 Å². The van der Waals surface area contributed by atoms with Crippen LogP contribution in [-0.4, -0.2) is 49.8 Å². The molecule has 3 heterocycles. The van der Waals surface area contributed by atoms with Crippen LogP contribution in [0.3, 0.4) is 0 Å². The number of nitrogens with zero attached hydrogens (tertiary/aromatic N) is 3. The van der Waals surface area contributed by atoms with E-state index in [9.17, 15) is 4.79 Å². The molecule has 6 nitrogen and oxygen atoms in total. The lowest BCUT2D eigenvalue weighted by Gasteiger charge is -2.32. The van der Waals surface area contributed by atoms with Crippen LogP contribution in [0.25, 0.3) is 0 Å². The average Bonchev–Trinajstić information content (AvgIpc) is 3.55. The lowest BCUT2D eigenvalue weighted by molar-refractivity contribution is 0.0241. The van der Waals surface area contributed by atoms with Crippen LogP contribution in [0, 0.1) is 6.92 Å². The van der Waals surface area contributed by atoms with E-state index < -0.39 is 5.60 Å². The van der Waals surface area contributed by atoms with Crippen molar-refractivity contribution in [3.8, 4) is 0 Å². The van der Waals surface area contributed by atoms with Crippen molar-refractivity contribution in [3.05, 3.63) is 88.7 Å². The maximum Gasteiger partial charge on any atom is 0.341 e. The van der Waals surface area contributed by atoms with Gasteiger partial charge in [0, 0.05) is 61.5 Å². The van der Waals surface area contributed by atoms with Gasteiger partial charge in [-0.3, -0.25) is 4.98 Å². The summed E-state index contributed by atoms with van der Waals surface area (Å²) in [6.45, 7) is 13.1. The predicted molar refractivity (Wildman–Crippen MR) is 148 cm³/mol. The number of carbonyl (C=O) groups excluding carboxylic acids is 1. The Hall–Kier alpha value is -3.38. The predicted octanol–water partition coefficient (Wildman–Crippen LogP) is 5.70. The van der Waals surface area contributed by atoms with Gasteiger partial charge in [-0.15, -0.1) is 0 Å². The average molecular weight is 500 g/mol. The summed E-state index contributed by atoms with van der Waals surface area (Å²) >= 11 is 0. The Kier molecular flexibility index (Phi) is 7.20. The van der Waals surface area contributed by atoms with Crippen molar-refractivity contribution in [1.29, 1.82) is 0 Å². The van der Waals surface area contributed by atoms with Gasteiger partial charge >= 0.3 is 5.97 Å². The quantitative estimate of drug-likeness (QED) is 0.352. The molecule has 5 rings (SSSR count). The summed E-state index contributed by atoms with van der Waals surface area (Å²) in [5.41, 5.74) is 5.27. The fourth-order valence-corrected chi connectivity index (χ4v) is 5.81. The summed E-state index contributed by atoms with van der Waals surface area (Å²) in [5, 5.41) is 0. The molecule has 2 aromatic carbocycles. The minimum Gasteiger partial charge on any atom is -0.439 e. The molecule has 194 valence electrons. The van der Waals surface area contributed by atoms with Gasteiger partial charge in [0.15, 0.2) is 0 Å². The summed E-state index contributed by atoms with van der Waals surface area (Å²) in [7, 11) is 0. The van der Waals surface area contributed by atoms with Gasteiger partial charge in [-0.05, 0) is 82.5 Å². The molecule has 0 amide bonds. The highest BCUT2D eigenvalue weighted by atomic mass is 16.6. The van der Waals surface area contributed by atoms with Gasteiger partial charge in [0.25, 0.3) is 0 Å². The summed E-state index contributed by atoms with van der Waals surface area (Å²) < 4.78 is 12.2. The maximum absolute atomic E-state index is 13.1. The number of aryl methyl sites for hydroxylation is 1. The molecule has 0 radical (unpaired) electrons. The van der Waals surface area contributed by atoms with Crippen molar-refractivity contribution in [1.82, 2.24) is 4.98 Å². The number of anilines is 2. The van der Waals surface area contributed by atoms with Gasteiger partial charge in [-0.25, -0.2) is 4.79 Å². The molecular weight excluding hydrogens is 462 g/mol. The summed E-state index contributed by atoms with van der Waals surface area (Å²) in [6.07, 6.45) is 4.27. The Morgan fingerprint density at radius 1 is 0.973 bits per heavy atom. The van der Waals surface area contributed by atoms with Gasteiger partial charge in [-0.2, -0.15) is 0 Å². The molecule has 1 saturated heterocycles. The molecule has 1 aromatic heterocycles. The minimum atomic E-state index is -1.09. The zero-order chi connectivity index (χ0) is 26.0. The van der Waals surface area contributed by atoms with Crippen molar-refractivity contribution in [2.24, 2.45) is 0 Å². The van der Waals surface area contributed by atoms with Crippen molar-refractivity contribution >= 4 is 17.3 Å². The fourth-order valence-electron chi connectivity index (χ4n) is 5.81. The van der Waals surface area contributed by atoms with Gasteiger partial charge in [0.05, 0.1) is 11.7 Å². The maximum atomic E-state index is 13.1. The Labute approximate surface area is 220 Å². The van der Waals surface area contributed by atoms with E-state index in [1.165, 1.54) is 0 Å². The van der Waals surface area contributed by atoms with Crippen molar-refractivity contribution in [2.45, 2.75) is 52.2 Å². The fraction of sp³-hybridized carbons (Fsp3) is 0.419. The van der Waals surface area contributed by atoms with Crippen LogP contribution in [0.4, 0.5) is 11.4 Å². The number of pyridine rings is 1. The highest BCUT2D eigenvalue weighted by Crippen LogP contribution is 2.47. The number of benzene rings is 2. The molecule has 1 fully saturated rings. The number of fused-ring (bicyclic) bond motifs is 1. The van der Waals surface area contributed by atoms with Gasteiger partial charge in [-0.1, -0.05) is 18.2 Å². The number of esters is 1. The van der Waals surface area contributed by atoms with E-state index in [2.05, 4.69) is 80.0 Å². The SMILES string of the molecule is CCN(CC)c1ccc(C2(c3ccc(N(CC)CC4CCCO4)cc3)OC(=O)c3cccnc32)c(C)c1. The summed E-state index contributed by atoms with van der Waals surface area (Å²) in [4.78, 5) is 22.5. The second-order valence-corrected chi connectivity index (χ2v) is 9.86. The van der Waals surface area contributed by atoms with E-state index in [4.69, 9.17) is 14.5 Å². The number of rotatable bonds is 9. The normalized spacial score (nSPS) is 20.5. The number of ether oxygens (including phenoxy) is 2. The molecule has 0 bridgehead atoms. The minimum absolute atomic E-state index is 0.282. The molecular formula is C31H37N3O3. The molecule has 2 aliphatic heterocycles.